The third-order valence-corrected chi connectivity index (χ3v) is 6.90. The first-order valence-corrected chi connectivity index (χ1v) is 12.3. The second-order valence-electron chi connectivity index (χ2n) is 9.15. The van der Waals surface area contributed by atoms with E-state index in [2.05, 4.69) is 5.10 Å². The highest BCUT2D eigenvalue weighted by Gasteiger charge is 2.60. The number of anilines is 2. The highest BCUT2D eigenvalue weighted by molar-refractivity contribution is 6.23. The average Bonchev–Trinajstić information content (AvgIpc) is 3.64. The third kappa shape index (κ3) is 4.11. The number of hydroxylamine groups is 1. The maximum Gasteiger partial charge on any atom is 0.362 e. The highest BCUT2D eigenvalue weighted by atomic mass is 16.7. The second-order valence-corrected chi connectivity index (χ2v) is 9.15. The minimum Gasteiger partial charge on any atom is -0.493 e. The van der Waals surface area contributed by atoms with E-state index in [1.54, 1.807) is 60.6 Å². The van der Waals surface area contributed by atoms with Gasteiger partial charge in [-0.05, 0) is 48.0 Å². The molecule has 0 aliphatic carbocycles. The Bertz CT molecular complexity index is 1550. The summed E-state index contributed by atoms with van der Waals surface area (Å²) in [6.07, 6.45) is 0.501. The van der Waals surface area contributed by atoms with Gasteiger partial charge in [-0.15, -0.1) is 0 Å². The van der Waals surface area contributed by atoms with E-state index in [0.717, 1.165) is 0 Å². The molecule has 0 N–H and O–H groups in total. The summed E-state index contributed by atoms with van der Waals surface area (Å²) in [6.45, 7) is 0. The number of esters is 1. The molecule has 0 radical (unpaired) electrons. The summed E-state index contributed by atoms with van der Waals surface area (Å²) in [5.74, 6) is -1.69. The molecule has 0 saturated carbocycles. The van der Waals surface area contributed by atoms with Crippen molar-refractivity contribution >= 4 is 29.2 Å². The summed E-state index contributed by atoms with van der Waals surface area (Å²) in [5.41, 5.74) is 2.11. The first-order valence-electron chi connectivity index (χ1n) is 12.3. The van der Waals surface area contributed by atoms with Crippen molar-refractivity contribution in [3.63, 3.8) is 0 Å². The number of nitrogens with zero attached hydrogens (tertiary/aromatic N) is 4. The minimum atomic E-state index is -1.00. The summed E-state index contributed by atoms with van der Waals surface area (Å²) in [6, 6.07) is 24.0. The molecule has 3 aromatic carbocycles. The number of hydrogen-bond acceptors (Lipinski definition) is 8. The molecule has 196 valence electrons. The van der Waals surface area contributed by atoms with Gasteiger partial charge in [0, 0.05) is 13.2 Å². The van der Waals surface area contributed by atoms with Gasteiger partial charge in [-0.1, -0.05) is 42.5 Å². The molecular weight excluding hydrogens is 500 g/mol. The molecule has 0 unspecified atom stereocenters. The highest BCUT2D eigenvalue weighted by Crippen LogP contribution is 2.48. The first-order chi connectivity index (χ1) is 19.0. The van der Waals surface area contributed by atoms with Crippen molar-refractivity contribution in [3.05, 3.63) is 102 Å². The molecule has 2 saturated heterocycles. The molecule has 10 nitrogen and oxygen atoms in total. The Morgan fingerprint density at radius 3 is 2.21 bits per heavy atom. The number of rotatable bonds is 6. The molecule has 2 aliphatic rings. The van der Waals surface area contributed by atoms with Crippen LogP contribution in [0.3, 0.4) is 0 Å². The summed E-state index contributed by atoms with van der Waals surface area (Å²) in [7, 11) is 3.11. The Labute approximate surface area is 223 Å². The molecule has 2 fully saturated rings. The van der Waals surface area contributed by atoms with Crippen molar-refractivity contribution in [1.29, 1.82) is 0 Å². The van der Waals surface area contributed by atoms with Crippen molar-refractivity contribution < 1.29 is 28.7 Å². The molecule has 3 atom stereocenters. The maximum absolute atomic E-state index is 13.8. The van der Waals surface area contributed by atoms with E-state index in [0.29, 0.717) is 16.9 Å². The Morgan fingerprint density at radius 1 is 0.872 bits per heavy atom. The van der Waals surface area contributed by atoms with Gasteiger partial charge in [0.2, 0.25) is 5.91 Å². The van der Waals surface area contributed by atoms with Gasteiger partial charge in [-0.25, -0.2) is 14.8 Å². The Morgan fingerprint density at radius 2 is 1.56 bits per heavy atom. The lowest BCUT2D eigenvalue weighted by molar-refractivity contribution is -0.126. The van der Waals surface area contributed by atoms with Crippen LogP contribution in [0.25, 0.3) is 0 Å². The predicted molar refractivity (Wildman–Crippen MR) is 140 cm³/mol. The quantitative estimate of drug-likeness (QED) is 0.214. The summed E-state index contributed by atoms with van der Waals surface area (Å²) >= 11 is 0. The number of para-hydroxylation sites is 2. The molecule has 3 heterocycles. The Hall–Kier alpha value is -4.96. The zero-order valence-corrected chi connectivity index (χ0v) is 21.1. The standard InChI is InChI=1S/C29H24N4O6/c1-31-21(15-16-30-31)29(36)38-22-14-13-18(17-23(22)37-2)25-24-26(39-33(25)20-11-7-4-8-12-20)28(35)32(27(24)34)19-9-5-3-6-10-19/h3-17,24-26H,1-2H3/t24-,25+,26-/m0/s1. The SMILES string of the molecule is COc1cc([C@@H]2[C@@H]3C(=O)N(c4ccccc4)C(=O)[C@H]3ON2c2ccccc2)ccc1OC(=O)c1ccnn1C. The Kier molecular flexibility index (Phi) is 6.08. The van der Waals surface area contributed by atoms with Crippen molar-refractivity contribution in [3.8, 4) is 11.5 Å². The van der Waals surface area contributed by atoms with Crippen LogP contribution in [-0.2, 0) is 21.5 Å². The molecule has 0 bridgehead atoms. The summed E-state index contributed by atoms with van der Waals surface area (Å²) < 4.78 is 12.6. The summed E-state index contributed by atoms with van der Waals surface area (Å²) in [4.78, 5) is 47.3. The average molecular weight is 525 g/mol. The molecular formula is C29H24N4O6. The number of carbonyl (C=O) groups excluding carboxylic acids is 3. The fraction of sp³-hybridized carbons (Fsp3) is 0.172. The van der Waals surface area contributed by atoms with E-state index in [1.807, 2.05) is 36.4 Å². The number of imide groups is 1. The fourth-order valence-electron chi connectivity index (χ4n) is 5.06. The van der Waals surface area contributed by atoms with E-state index in [9.17, 15) is 14.4 Å². The lowest BCUT2D eigenvalue weighted by Gasteiger charge is -2.29. The zero-order valence-electron chi connectivity index (χ0n) is 21.1. The van der Waals surface area contributed by atoms with Crippen LogP contribution < -0.4 is 19.4 Å². The normalized spacial score (nSPS) is 20.3. The number of hydrogen-bond donors (Lipinski definition) is 0. The van der Waals surface area contributed by atoms with Gasteiger partial charge >= 0.3 is 5.97 Å². The largest absolute Gasteiger partial charge is 0.493 e. The molecule has 2 amide bonds. The van der Waals surface area contributed by atoms with Gasteiger partial charge in [0.25, 0.3) is 5.91 Å². The smallest absolute Gasteiger partial charge is 0.362 e. The van der Waals surface area contributed by atoms with Crippen molar-refractivity contribution in [1.82, 2.24) is 9.78 Å². The van der Waals surface area contributed by atoms with Crippen LogP contribution in [0.1, 0.15) is 22.1 Å². The van der Waals surface area contributed by atoms with E-state index >= 15 is 0 Å². The number of amides is 2. The molecule has 6 rings (SSSR count). The van der Waals surface area contributed by atoms with E-state index in [4.69, 9.17) is 14.3 Å². The van der Waals surface area contributed by atoms with Crippen LogP contribution in [0.2, 0.25) is 0 Å². The van der Waals surface area contributed by atoms with Crippen molar-refractivity contribution in [2.75, 3.05) is 17.1 Å². The molecule has 2 aliphatic heterocycles. The van der Waals surface area contributed by atoms with Gasteiger partial charge < -0.3 is 9.47 Å². The molecule has 4 aromatic rings. The van der Waals surface area contributed by atoms with Crippen molar-refractivity contribution in [2.24, 2.45) is 13.0 Å². The zero-order chi connectivity index (χ0) is 27.1. The second kappa shape index (κ2) is 9.73. The van der Waals surface area contributed by atoms with Crippen LogP contribution in [0.5, 0.6) is 11.5 Å². The van der Waals surface area contributed by atoms with Crippen LogP contribution in [0, 0.1) is 5.92 Å². The topological polar surface area (TPSA) is 103 Å². The Balaban J connectivity index is 1.38. The van der Waals surface area contributed by atoms with E-state index in [1.165, 1.54) is 22.9 Å². The number of methoxy groups -OCH3 is 1. The number of ether oxygens (including phenoxy) is 2. The van der Waals surface area contributed by atoms with Crippen LogP contribution in [0.4, 0.5) is 11.4 Å². The predicted octanol–water partition coefficient (Wildman–Crippen LogP) is 3.70. The first kappa shape index (κ1) is 24.4. The molecule has 1 aromatic heterocycles. The molecule has 0 spiro atoms. The van der Waals surface area contributed by atoms with Crippen LogP contribution in [0.15, 0.2) is 91.1 Å². The van der Waals surface area contributed by atoms with E-state index in [-0.39, 0.29) is 23.1 Å². The molecule has 10 heteroatoms. The lowest BCUT2D eigenvalue weighted by atomic mass is 9.90. The minimum absolute atomic E-state index is 0.203. The van der Waals surface area contributed by atoms with Gasteiger partial charge in [0.15, 0.2) is 17.6 Å². The van der Waals surface area contributed by atoms with Crippen LogP contribution >= 0.6 is 0 Å². The van der Waals surface area contributed by atoms with Crippen molar-refractivity contribution in [2.45, 2.75) is 12.1 Å². The number of aryl methyl sites for hydroxylation is 1. The van der Waals surface area contributed by atoms with Gasteiger partial charge in [-0.2, -0.15) is 5.10 Å². The fourth-order valence-corrected chi connectivity index (χ4v) is 5.06. The monoisotopic (exact) mass is 524 g/mol. The number of carbonyl (C=O) groups is 3. The van der Waals surface area contributed by atoms with Gasteiger partial charge in [0.05, 0.1) is 24.5 Å². The maximum atomic E-state index is 13.8. The number of fused-ring (bicyclic) bond motifs is 1. The molecule has 39 heavy (non-hydrogen) atoms. The number of benzene rings is 3. The third-order valence-electron chi connectivity index (χ3n) is 6.90. The van der Waals surface area contributed by atoms with Gasteiger partial charge in [-0.3, -0.25) is 19.1 Å². The number of aromatic nitrogens is 2. The van der Waals surface area contributed by atoms with Crippen LogP contribution in [-0.4, -0.2) is 40.8 Å². The lowest BCUT2D eigenvalue weighted by Crippen LogP contribution is -2.37. The summed E-state index contributed by atoms with van der Waals surface area (Å²) in [5, 5.41) is 5.60. The van der Waals surface area contributed by atoms with Gasteiger partial charge in [0.1, 0.15) is 11.6 Å². The van der Waals surface area contributed by atoms with E-state index < -0.39 is 29.9 Å².